The second kappa shape index (κ2) is 9.36. The molecule has 4 atom stereocenters. The molecule has 1 saturated heterocycles. The third-order valence-electron chi connectivity index (χ3n) is 3.78. The van der Waals surface area contributed by atoms with Crippen LogP contribution >= 0.6 is 0 Å². The predicted octanol–water partition coefficient (Wildman–Crippen LogP) is 1.32. The summed E-state index contributed by atoms with van der Waals surface area (Å²) >= 11 is 0. The van der Waals surface area contributed by atoms with Crippen LogP contribution in [0.25, 0.3) is 0 Å². The second-order valence-electron chi connectivity index (χ2n) is 6.00. The van der Waals surface area contributed by atoms with E-state index in [-0.39, 0.29) is 24.5 Å². The Morgan fingerprint density at radius 3 is 2.18 bits per heavy atom. The van der Waals surface area contributed by atoms with Crippen molar-refractivity contribution >= 4 is 23.9 Å². The van der Waals surface area contributed by atoms with Gasteiger partial charge in [0.1, 0.15) is 24.7 Å². The topological polar surface area (TPSA) is 128 Å². The predicted molar refractivity (Wildman–Crippen MR) is 90.0 cm³/mol. The van der Waals surface area contributed by atoms with Crippen molar-refractivity contribution in [2.24, 2.45) is 0 Å². The molecule has 0 saturated carbocycles. The number of hydrogen-bond acceptors (Lipinski definition) is 10. The monoisotopic (exact) mass is 398 g/mol. The molecule has 1 aliphatic heterocycles. The third-order valence-corrected chi connectivity index (χ3v) is 3.78. The number of hydrogen-bond donors (Lipinski definition) is 0. The molecule has 0 aromatic carbocycles. The van der Waals surface area contributed by atoms with Gasteiger partial charge in [0, 0.05) is 20.8 Å². The van der Waals surface area contributed by atoms with Crippen LogP contribution in [0.1, 0.15) is 49.9 Å². The van der Waals surface area contributed by atoms with Crippen LogP contribution in [0.5, 0.6) is 0 Å². The number of ether oxygens (including phenoxy) is 5. The minimum absolute atomic E-state index is 0.148. The van der Waals surface area contributed by atoms with E-state index in [0.717, 1.165) is 0 Å². The highest BCUT2D eigenvalue weighted by molar-refractivity contribution is 5.89. The number of carbonyl (C=O) groups excluding carboxylic acids is 4. The van der Waals surface area contributed by atoms with Gasteiger partial charge >= 0.3 is 23.9 Å². The van der Waals surface area contributed by atoms with Crippen molar-refractivity contribution in [3.05, 3.63) is 23.7 Å². The quantitative estimate of drug-likeness (QED) is 0.490. The first-order valence-corrected chi connectivity index (χ1v) is 8.61. The van der Waals surface area contributed by atoms with Gasteiger partial charge < -0.3 is 28.1 Å². The molecule has 154 valence electrons. The van der Waals surface area contributed by atoms with E-state index in [0.29, 0.717) is 0 Å². The van der Waals surface area contributed by atoms with E-state index in [2.05, 4.69) is 0 Å². The third kappa shape index (κ3) is 5.32. The Morgan fingerprint density at radius 2 is 1.61 bits per heavy atom. The molecule has 1 aromatic rings. The summed E-state index contributed by atoms with van der Waals surface area (Å²) in [4.78, 5) is 46.1. The zero-order chi connectivity index (χ0) is 20.8. The molecular weight excluding hydrogens is 376 g/mol. The van der Waals surface area contributed by atoms with Crippen LogP contribution in [0.3, 0.4) is 0 Å². The van der Waals surface area contributed by atoms with Gasteiger partial charge in [-0.3, -0.25) is 14.4 Å². The average Bonchev–Trinajstić information content (AvgIpc) is 3.19. The maximum absolute atomic E-state index is 11.8. The zero-order valence-corrected chi connectivity index (χ0v) is 16.0. The summed E-state index contributed by atoms with van der Waals surface area (Å²) in [5.74, 6) is -2.25. The molecule has 28 heavy (non-hydrogen) atoms. The van der Waals surface area contributed by atoms with Crippen molar-refractivity contribution in [3.8, 4) is 0 Å². The molecule has 10 heteroatoms. The molecule has 2 heterocycles. The van der Waals surface area contributed by atoms with Crippen LogP contribution in [0.4, 0.5) is 0 Å². The van der Waals surface area contributed by atoms with Crippen LogP contribution in [0.2, 0.25) is 0 Å². The lowest BCUT2D eigenvalue weighted by Crippen LogP contribution is -2.40. The fourth-order valence-electron chi connectivity index (χ4n) is 2.77. The number of esters is 4. The summed E-state index contributed by atoms with van der Waals surface area (Å²) in [5.41, 5.74) is 0.148. The summed E-state index contributed by atoms with van der Waals surface area (Å²) in [6.07, 6.45) is -2.82. The summed E-state index contributed by atoms with van der Waals surface area (Å²) in [6.45, 7) is 5.22. The van der Waals surface area contributed by atoms with E-state index < -0.39 is 48.3 Å². The summed E-state index contributed by atoms with van der Waals surface area (Å²) in [6, 6.07) is 1.39. The van der Waals surface area contributed by atoms with Gasteiger partial charge in [0.25, 0.3) is 0 Å². The first-order valence-electron chi connectivity index (χ1n) is 8.61. The van der Waals surface area contributed by atoms with Gasteiger partial charge in [-0.25, -0.2) is 4.79 Å². The van der Waals surface area contributed by atoms with Gasteiger partial charge in [0.05, 0.1) is 12.2 Å². The van der Waals surface area contributed by atoms with Crippen LogP contribution in [0, 0.1) is 0 Å². The Morgan fingerprint density at radius 1 is 0.964 bits per heavy atom. The van der Waals surface area contributed by atoms with Gasteiger partial charge in [-0.15, -0.1) is 0 Å². The van der Waals surface area contributed by atoms with Crippen molar-refractivity contribution in [1.29, 1.82) is 0 Å². The molecule has 0 N–H and O–H groups in total. The first kappa shape index (κ1) is 21.4. The maximum atomic E-state index is 11.8. The van der Waals surface area contributed by atoms with E-state index in [4.69, 9.17) is 28.1 Å². The normalized spacial score (nSPS) is 23.7. The molecule has 0 bridgehead atoms. The van der Waals surface area contributed by atoms with Gasteiger partial charge in [0.2, 0.25) is 0 Å². The van der Waals surface area contributed by atoms with E-state index in [1.807, 2.05) is 0 Å². The fourth-order valence-corrected chi connectivity index (χ4v) is 2.77. The molecule has 0 unspecified atom stereocenters. The highest BCUT2D eigenvalue weighted by Gasteiger charge is 2.51. The Bertz CT molecular complexity index is 736. The summed E-state index contributed by atoms with van der Waals surface area (Å²) in [5, 5.41) is 0. The number of carbonyl (C=O) groups is 4. The van der Waals surface area contributed by atoms with Crippen LogP contribution in [0.15, 0.2) is 16.7 Å². The molecule has 0 radical (unpaired) electrons. The molecule has 1 aromatic heterocycles. The largest absolute Gasteiger partial charge is 0.465 e. The van der Waals surface area contributed by atoms with E-state index >= 15 is 0 Å². The minimum atomic E-state index is -1.07. The van der Waals surface area contributed by atoms with Crippen molar-refractivity contribution in [3.63, 3.8) is 0 Å². The van der Waals surface area contributed by atoms with Gasteiger partial charge in [-0.05, 0) is 13.0 Å². The van der Waals surface area contributed by atoms with Crippen LogP contribution in [-0.2, 0) is 38.1 Å². The molecule has 1 aliphatic rings. The number of furan rings is 1. The first-order chi connectivity index (χ1) is 13.2. The van der Waals surface area contributed by atoms with Crippen molar-refractivity contribution in [1.82, 2.24) is 0 Å². The molecular formula is C18H22O10. The Hall–Kier alpha value is -2.88. The highest BCUT2D eigenvalue weighted by atomic mass is 16.7. The second-order valence-corrected chi connectivity index (χ2v) is 6.00. The Balaban J connectivity index is 2.31. The molecule has 2 rings (SSSR count). The lowest BCUT2D eigenvalue weighted by Gasteiger charge is -2.22. The number of rotatable bonds is 7. The maximum Gasteiger partial charge on any atom is 0.341 e. The van der Waals surface area contributed by atoms with Crippen LogP contribution in [-0.4, -0.2) is 55.4 Å². The average molecular weight is 398 g/mol. The van der Waals surface area contributed by atoms with Crippen molar-refractivity contribution < 1.29 is 47.3 Å². The molecule has 0 amide bonds. The van der Waals surface area contributed by atoms with Crippen LogP contribution < -0.4 is 0 Å². The van der Waals surface area contributed by atoms with Gasteiger partial charge in [-0.1, -0.05) is 0 Å². The lowest BCUT2D eigenvalue weighted by atomic mass is 10.1. The van der Waals surface area contributed by atoms with Gasteiger partial charge in [-0.2, -0.15) is 0 Å². The molecule has 10 nitrogen and oxygen atoms in total. The van der Waals surface area contributed by atoms with Gasteiger partial charge in [0.15, 0.2) is 18.3 Å². The smallest absolute Gasteiger partial charge is 0.341 e. The van der Waals surface area contributed by atoms with E-state index in [9.17, 15) is 19.2 Å². The molecule has 1 fully saturated rings. The van der Waals surface area contributed by atoms with Crippen molar-refractivity contribution in [2.75, 3.05) is 13.2 Å². The lowest BCUT2D eigenvalue weighted by molar-refractivity contribution is -0.165. The SMILES string of the molecule is CCOC(=O)c1coc([C@H]2O[C@H](COC(C)=O)[C@@H](OC(C)=O)[C@H]2OC(C)=O)c1. The molecule has 0 spiro atoms. The highest BCUT2D eigenvalue weighted by Crippen LogP contribution is 2.38. The summed E-state index contributed by atoms with van der Waals surface area (Å²) < 4.78 is 31.6. The van der Waals surface area contributed by atoms with E-state index in [1.165, 1.54) is 33.1 Å². The summed E-state index contributed by atoms with van der Waals surface area (Å²) in [7, 11) is 0. The zero-order valence-electron chi connectivity index (χ0n) is 16.0. The fraction of sp³-hybridized carbons (Fsp3) is 0.556. The molecule has 0 aliphatic carbocycles. The Kier molecular flexibility index (Phi) is 7.16. The standard InChI is InChI=1S/C18H22O10/c1-5-23-18(22)12-6-13(25-7-12)15-17(27-11(4)21)16(26-10(3)20)14(28-15)8-24-9(2)19/h6-7,14-17H,5,8H2,1-4H3/t14-,15-,16-,17+/m1/s1. The minimum Gasteiger partial charge on any atom is -0.465 e. The Labute approximate surface area is 161 Å². The van der Waals surface area contributed by atoms with E-state index in [1.54, 1.807) is 6.92 Å². The van der Waals surface area contributed by atoms with Crippen molar-refractivity contribution in [2.45, 2.75) is 52.1 Å².